The van der Waals surface area contributed by atoms with Crippen molar-refractivity contribution < 1.29 is 9.50 Å². The molecule has 0 spiro atoms. The number of benzene rings is 3. The second-order valence-corrected chi connectivity index (χ2v) is 5.72. The summed E-state index contributed by atoms with van der Waals surface area (Å²) in [6, 6.07) is 22.3. The Labute approximate surface area is 134 Å². The highest BCUT2D eigenvalue weighted by Gasteiger charge is 2.25. The maximum absolute atomic E-state index is 14.3. The van der Waals surface area contributed by atoms with Crippen molar-refractivity contribution in [3.63, 3.8) is 0 Å². The number of halogens is 1. The molecule has 0 aromatic heterocycles. The van der Waals surface area contributed by atoms with Gasteiger partial charge in [-0.25, -0.2) is 4.39 Å². The molecule has 0 unspecified atom stereocenters. The van der Waals surface area contributed by atoms with Crippen molar-refractivity contribution in [2.75, 3.05) is 0 Å². The first-order chi connectivity index (χ1) is 11.2. The molecule has 4 rings (SSSR count). The molecule has 0 amide bonds. The fourth-order valence-corrected chi connectivity index (χ4v) is 3.28. The van der Waals surface area contributed by atoms with Crippen LogP contribution >= 0.6 is 0 Å². The molecule has 3 aromatic rings. The standard InChI is InChI=1S/C21H15FO/c22-20-9-5-4-8-18(20)19-13-15-12-16(23)10-11-17(15)21(19)14-6-2-1-3-7-14/h1-12,23H,13H2. The SMILES string of the molecule is Oc1ccc2c(c1)CC(c1ccccc1F)=C2c1ccccc1. The van der Waals surface area contributed by atoms with Gasteiger partial charge in [-0.2, -0.15) is 0 Å². The zero-order valence-electron chi connectivity index (χ0n) is 12.5. The van der Waals surface area contributed by atoms with E-state index in [0.717, 1.165) is 27.8 Å². The van der Waals surface area contributed by atoms with Crippen molar-refractivity contribution in [2.24, 2.45) is 0 Å². The molecule has 0 atom stereocenters. The number of rotatable bonds is 2. The first-order valence-electron chi connectivity index (χ1n) is 7.60. The Morgan fingerprint density at radius 3 is 2.30 bits per heavy atom. The van der Waals surface area contributed by atoms with E-state index in [4.69, 9.17) is 0 Å². The van der Waals surface area contributed by atoms with Crippen LogP contribution in [0.4, 0.5) is 4.39 Å². The van der Waals surface area contributed by atoms with Crippen LogP contribution in [0.5, 0.6) is 5.75 Å². The van der Waals surface area contributed by atoms with Gasteiger partial charge in [-0.05, 0) is 52.5 Å². The largest absolute Gasteiger partial charge is 0.508 e. The highest BCUT2D eigenvalue weighted by molar-refractivity contribution is 6.03. The van der Waals surface area contributed by atoms with Gasteiger partial charge < -0.3 is 5.11 Å². The lowest BCUT2D eigenvalue weighted by molar-refractivity contribution is 0.475. The van der Waals surface area contributed by atoms with Gasteiger partial charge in [0.1, 0.15) is 11.6 Å². The summed E-state index contributed by atoms with van der Waals surface area (Å²) in [6.07, 6.45) is 0.620. The Morgan fingerprint density at radius 2 is 1.52 bits per heavy atom. The van der Waals surface area contributed by atoms with Crippen LogP contribution in [0, 0.1) is 5.82 Å². The molecule has 3 aromatic carbocycles. The molecule has 1 aliphatic carbocycles. The molecule has 0 bridgehead atoms. The summed E-state index contributed by atoms with van der Waals surface area (Å²) in [7, 11) is 0. The molecule has 1 N–H and O–H groups in total. The average molecular weight is 302 g/mol. The molecule has 0 aliphatic heterocycles. The zero-order valence-corrected chi connectivity index (χ0v) is 12.5. The molecular formula is C21H15FO. The van der Waals surface area contributed by atoms with Gasteiger partial charge in [0.15, 0.2) is 0 Å². The van der Waals surface area contributed by atoms with Gasteiger partial charge in [-0.1, -0.05) is 54.6 Å². The number of fused-ring (bicyclic) bond motifs is 1. The summed E-state index contributed by atoms with van der Waals surface area (Å²) in [6.45, 7) is 0. The number of allylic oxidation sites excluding steroid dienone is 1. The summed E-state index contributed by atoms with van der Waals surface area (Å²) < 4.78 is 14.3. The van der Waals surface area contributed by atoms with Crippen molar-refractivity contribution in [1.82, 2.24) is 0 Å². The minimum Gasteiger partial charge on any atom is -0.508 e. The summed E-state index contributed by atoms with van der Waals surface area (Å²) in [4.78, 5) is 0. The van der Waals surface area contributed by atoms with Gasteiger partial charge in [0.05, 0.1) is 0 Å². The van der Waals surface area contributed by atoms with Crippen LogP contribution in [0.25, 0.3) is 11.1 Å². The molecule has 0 saturated carbocycles. The summed E-state index contributed by atoms with van der Waals surface area (Å²) >= 11 is 0. The molecule has 1 nitrogen and oxygen atoms in total. The predicted octanol–water partition coefficient (Wildman–Crippen LogP) is 5.05. The van der Waals surface area contributed by atoms with Crippen molar-refractivity contribution >= 4 is 11.1 Å². The smallest absolute Gasteiger partial charge is 0.130 e. The van der Waals surface area contributed by atoms with Gasteiger partial charge >= 0.3 is 0 Å². The lowest BCUT2D eigenvalue weighted by Crippen LogP contribution is -1.92. The van der Waals surface area contributed by atoms with Crippen LogP contribution < -0.4 is 0 Å². The number of hydrogen-bond acceptors (Lipinski definition) is 1. The Kier molecular flexibility index (Phi) is 3.23. The Morgan fingerprint density at radius 1 is 0.783 bits per heavy atom. The van der Waals surface area contributed by atoms with Crippen LogP contribution in [-0.2, 0) is 6.42 Å². The fraction of sp³-hybridized carbons (Fsp3) is 0.0476. The minimum absolute atomic E-state index is 0.215. The molecule has 0 radical (unpaired) electrons. The Hall–Kier alpha value is -2.87. The van der Waals surface area contributed by atoms with E-state index in [2.05, 4.69) is 0 Å². The van der Waals surface area contributed by atoms with Gasteiger partial charge in [0, 0.05) is 5.56 Å². The first-order valence-corrected chi connectivity index (χ1v) is 7.60. The van der Waals surface area contributed by atoms with Crippen molar-refractivity contribution in [2.45, 2.75) is 6.42 Å². The number of phenols is 1. The molecule has 23 heavy (non-hydrogen) atoms. The highest BCUT2D eigenvalue weighted by atomic mass is 19.1. The molecule has 1 aliphatic rings. The van der Waals surface area contributed by atoms with Crippen LogP contribution in [-0.4, -0.2) is 5.11 Å². The van der Waals surface area contributed by atoms with E-state index < -0.39 is 0 Å². The summed E-state index contributed by atoms with van der Waals surface area (Å²) in [5.74, 6) is 0.0268. The van der Waals surface area contributed by atoms with Crippen molar-refractivity contribution in [1.29, 1.82) is 0 Å². The van der Waals surface area contributed by atoms with E-state index in [1.54, 1.807) is 18.2 Å². The molecule has 2 heteroatoms. The monoisotopic (exact) mass is 302 g/mol. The zero-order chi connectivity index (χ0) is 15.8. The number of hydrogen-bond donors (Lipinski definition) is 1. The van der Waals surface area contributed by atoms with Crippen molar-refractivity contribution in [3.05, 3.63) is 101 Å². The third-order valence-electron chi connectivity index (χ3n) is 4.29. The molecule has 0 saturated heterocycles. The van der Waals surface area contributed by atoms with Gasteiger partial charge in [0.2, 0.25) is 0 Å². The quantitative estimate of drug-likeness (QED) is 0.702. The van der Waals surface area contributed by atoms with Crippen LogP contribution in [0.2, 0.25) is 0 Å². The Balaban J connectivity index is 1.99. The second kappa shape index (κ2) is 5.40. The minimum atomic E-state index is -0.215. The fourth-order valence-electron chi connectivity index (χ4n) is 3.28. The lowest BCUT2D eigenvalue weighted by Gasteiger charge is -2.10. The normalized spacial score (nSPS) is 13.3. The number of aromatic hydroxyl groups is 1. The predicted molar refractivity (Wildman–Crippen MR) is 90.6 cm³/mol. The molecule has 0 fully saturated rings. The van der Waals surface area contributed by atoms with Crippen LogP contribution in [0.15, 0.2) is 72.8 Å². The maximum Gasteiger partial charge on any atom is 0.130 e. The van der Waals surface area contributed by atoms with Crippen LogP contribution in [0.3, 0.4) is 0 Å². The number of phenolic OH excluding ortho intramolecular Hbond substituents is 1. The topological polar surface area (TPSA) is 20.2 Å². The summed E-state index contributed by atoms with van der Waals surface area (Å²) in [5.41, 5.74) is 5.80. The van der Waals surface area contributed by atoms with Gasteiger partial charge in [-0.15, -0.1) is 0 Å². The highest BCUT2D eigenvalue weighted by Crippen LogP contribution is 2.43. The van der Waals surface area contributed by atoms with E-state index in [1.165, 1.54) is 6.07 Å². The van der Waals surface area contributed by atoms with E-state index in [9.17, 15) is 9.50 Å². The first kappa shape index (κ1) is 13.8. The van der Waals surface area contributed by atoms with Crippen LogP contribution in [0.1, 0.15) is 22.3 Å². The third kappa shape index (κ3) is 2.33. The lowest BCUT2D eigenvalue weighted by atomic mass is 9.94. The molecule has 0 heterocycles. The maximum atomic E-state index is 14.3. The van der Waals surface area contributed by atoms with E-state index >= 15 is 0 Å². The molecule has 112 valence electrons. The second-order valence-electron chi connectivity index (χ2n) is 5.72. The van der Waals surface area contributed by atoms with Crippen molar-refractivity contribution in [3.8, 4) is 5.75 Å². The average Bonchev–Trinajstić information content (AvgIpc) is 2.94. The van der Waals surface area contributed by atoms with E-state index in [1.807, 2.05) is 48.5 Å². The molecular weight excluding hydrogens is 287 g/mol. The third-order valence-corrected chi connectivity index (χ3v) is 4.29. The van der Waals surface area contributed by atoms with E-state index in [0.29, 0.717) is 12.0 Å². The Bertz CT molecular complexity index is 910. The van der Waals surface area contributed by atoms with E-state index in [-0.39, 0.29) is 11.6 Å². The summed E-state index contributed by atoms with van der Waals surface area (Å²) in [5, 5.41) is 9.77. The van der Waals surface area contributed by atoms with Gasteiger partial charge in [-0.3, -0.25) is 0 Å². The van der Waals surface area contributed by atoms with Gasteiger partial charge in [0.25, 0.3) is 0 Å².